The second kappa shape index (κ2) is 8.86. The molecule has 0 spiro atoms. The van der Waals surface area contributed by atoms with E-state index in [4.69, 9.17) is 14.7 Å². The number of halogens is 1. The minimum atomic E-state index is -0.200. The first-order chi connectivity index (χ1) is 12.4. The Labute approximate surface area is 162 Å². The van der Waals surface area contributed by atoms with E-state index < -0.39 is 0 Å². The highest BCUT2D eigenvalue weighted by Crippen LogP contribution is 2.38. The fraction of sp³-hybridized carbons (Fsp3) is 0.421. The molecule has 1 heterocycles. The summed E-state index contributed by atoms with van der Waals surface area (Å²) in [6.45, 7) is 8.38. The van der Waals surface area contributed by atoms with Gasteiger partial charge in [0.15, 0.2) is 11.5 Å². The van der Waals surface area contributed by atoms with Crippen LogP contribution in [0.4, 0.5) is 0 Å². The van der Waals surface area contributed by atoms with Crippen molar-refractivity contribution < 1.29 is 14.3 Å². The Morgan fingerprint density at radius 3 is 2.77 bits per heavy atom. The summed E-state index contributed by atoms with van der Waals surface area (Å²) >= 11 is 3.53. The molecule has 1 aliphatic heterocycles. The first kappa shape index (κ1) is 20.0. The molecule has 7 heteroatoms. The van der Waals surface area contributed by atoms with Crippen LogP contribution in [-0.4, -0.2) is 35.9 Å². The molecule has 0 atom stereocenters. The molecule has 1 aromatic rings. The molecule has 26 heavy (non-hydrogen) atoms. The smallest absolute Gasteiger partial charge is 0.275 e. The zero-order valence-corrected chi connectivity index (χ0v) is 17.0. The van der Waals surface area contributed by atoms with Gasteiger partial charge in [-0.05, 0) is 67.4 Å². The average Bonchev–Trinajstić information content (AvgIpc) is 2.83. The molecule has 0 saturated heterocycles. The molecule has 0 saturated carbocycles. The van der Waals surface area contributed by atoms with E-state index in [1.807, 2.05) is 39.0 Å². The van der Waals surface area contributed by atoms with Crippen LogP contribution in [0.3, 0.4) is 0 Å². The van der Waals surface area contributed by atoms with E-state index in [1.165, 1.54) is 5.01 Å². The monoisotopic (exact) mass is 419 g/mol. The largest absolute Gasteiger partial charge is 0.490 e. The molecule has 0 bridgehead atoms. The number of ether oxygens (including phenoxy) is 2. The molecule has 1 aliphatic rings. The molecule has 6 nitrogen and oxygen atoms in total. The minimum absolute atomic E-state index is 0.00851. The Morgan fingerprint density at radius 2 is 2.15 bits per heavy atom. The van der Waals surface area contributed by atoms with Crippen molar-refractivity contribution in [1.29, 1.82) is 5.26 Å². The Bertz CT molecular complexity index is 794. The van der Waals surface area contributed by atoms with Crippen LogP contribution in [0.5, 0.6) is 11.5 Å². The standard InChI is InChI=1S/C19H22BrN3O3/c1-5-25-17-11-14(10-16(20)18(17)26-12(2)3)9-15-13(4)22-23(19(15)24)8-6-7-21/h9-12H,5-6,8H2,1-4H3. The van der Waals surface area contributed by atoms with Crippen LogP contribution < -0.4 is 9.47 Å². The highest BCUT2D eigenvalue weighted by Gasteiger charge is 2.27. The molecule has 1 aromatic carbocycles. The van der Waals surface area contributed by atoms with E-state index >= 15 is 0 Å². The highest BCUT2D eigenvalue weighted by atomic mass is 79.9. The second-order valence-electron chi connectivity index (χ2n) is 6.01. The Balaban J connectivity index is 2.37. The van der Waals surface area contributed by atoms with Gasteiger partial charge in [0.2, 0.25) is 0 Å². The normalized spacial score (nSPS) is 15.4. The van der Waals surface area contributed by atoms with E-state index in [0.29, 0.717) is 35.9 Å². The van der Waals surface area contributed by atoms with E-state index in [1.54, 1.807) is 13.0 Å². The third-order valence-corrected chi connectivity index (χ3v) is 4.15. The molecule has 0 N–H and O–H groups in total. The van der Waals surface area contributed by atoms with Gasteiger partial charge in [0.05, 0.1) is 47.5 Å². The van der Waals surface area contributed by atoms with Crippen molar-refractivity contribution >= 4 is 33.6 Å². The maximum absolute atomic E-state index is 12.5. The van der Waals surface area contributed by atoms with Crippen LogP contribution in [0.1, 0.15) is 39.7 Å². The highest BCUT2D eigenvalue weighted by molar-refractivity contribution is 9.10. The summed E-state index contributed by atoms with van der Waals surface area (Å²) in [6.07, 6.45) is 2.03. The molecule has 0 unspecified atom stereocenters. The van der Waals surface area contributed by atoms with Crippen molar-refractivity contribution in [3.63, 3.8) is 0 Å². The SMILES string of the molecule is CCOc1cc(C=C2C(=O)N(CCC#N)N=C2C)cc(Br)c1OC(C)C. The predicted octanol–water partition coefficient (Wildman–Crippen LogP) is 4.15. The number of nitrogens with zero attached hydrogens (tertiary/aromatic N) is 3. The fourth-order valence-corrected chi connectivity index (χ4v) is 3.05. The predicted molar refractivity (Wildman–Crippen MR) is 104 cm³/mol. The van der Waals surface area contributed by atoms with Crippen molar-refractivity contribution in [2.75, 3.05) is 13.2 Å². The quantitative estimate of drug-likeness (QED) is 0.621. The van der Waals surface area contributed by atoms with Crippen LogP contribution in [0, 0.1) is 11.3 Å². The lowest BCUT2D eigenvalue weighted by atomic mass is 10.1. The number of nitriles is 1. The van der Waals surface area contributed by atoms with Gasteiger partial charge in [-0.15, -0.1) is 0 Å². The number of carbonyl (C=O) groups is 1. The van der Waals surface area contributed by atoms with Crippen LogP contribution in [0.2, 0.25) is 0 Å². The molecule has 138 valence electrons. The number of hydrogen-bond donors (Lipinski definition) is 0. The van der Waals surface area contributed by atoms with Gasteiger partial charge in [-0.3, -0.25) is 4.79 Å². The van der Waals surface area contributed by atoms with Gasteiger partial charge >= 0.3 is 0 Å². The summed E-state index contributed by atoms with van der Waals surface area (Å²) < 4.78 is 12.3. The molecular formula is C19H22BrN3O3. The van der Waals surface area contributed by atoms with Crippen LogP contribution in [0.25, 0.3) is 6.08 Å². The molecule has 0 fully saturated rings. The molecule has 2 rings (SSSR count). The minimum Gasteiger partial charge on any atom is -0.490 e. The van der Waals surface area contributed by atoms with Crippen LogP contribution >= 0.6 is 15.9 Å². The molecular weight excluding hydrogens is 398 g/mol. The maximum Gasteiger partial charge on any atom is 0.275 e. The van der Waals surface area contributed by atoms with Gasteiger partial charge in [-0.2, -0.15) is 10.4 Å². The van der Waals surface area contributed by atoms with Gasteiger partial charge < -0.3 is 9.47 Å². The van der Waals surface area contributed by atoms with Crippen molar-refractivity contribution in [2.24, 2.45) is 5.10 Å². The summed E-state index contributed by atoms with van der Waals surface area (Å²) in [4.78, 5) is 12.5. The zero-order chi connectivity index (χ0) is 19.3. The van der Waals surface area contributed by atoms with Gasteiger partial charge in [0.25, 0.3) is 5.91 Å². The zero-order valence-electron chi connectivity index (χ0n) is 15.4. The lowest BCUT2D eigenvalue weighted by Crippen LogP contribution is -2.22. The van der Waals surface area contributed by atoms with Crippen LogP contribution in [0.15, 0.2) is 27.3 Å². The molecule has 0 radical (unpaired) electrons. The topological polar surface area (TPSA) is 74.9 Å². The average molecular weight is 420 g/mol. The molecule has 0 aliphatic carbocycles. The number of hydrogen-bond acceptors (Lipinski definition) is 5. The second-order valence-corrected chi connectivity index (χ2v) is 6.86. The van der Waals surface area contributed by atoms with E-state index in [0.717, 1.165) is 10.0 Å². The number of carbonyl (C=O) groups excluding carboxylic acids is 1. The van der Waals surface area contributed by atoms with Crippen molar-refractivity contribution in [1.82, 2.24) is 5.01 Å². The summed E-state index contributed by atoms with van der Waals surface area (Å²) in [6, 6.07) is 5.75. The molecule has 0 aromatic heterocycles. The van der Waals surface area contributed by atoms with Crippen LogP contribution in [-0.2, 0) is 4.79 Å². The number of benzene rings is 1. The van der Waals surface area contributed by atoms with Crippen molar-refractivity contribution in [2.45, 2.75) is 40.2 Å². The summed E-state index contributed by atoms with van der Waals surface area (Å²) in [7, 11) is 0. The fourth-order valence-electron chi connectivity index (χ4n) is 2.50. The number of hydrazone groups is 1. The lowest BCUT2D eigenvalue weighted by molar-refractivity contribution is -0.125. The summed E-state index contributed by atoms with van der Waals surface area (Å²) in [5.41, 5.74) is 1.94. The first-order valence-corrected chi connectivity index (χ1v) is 9.25. The maximum atomic E-state index is 12.5. The van der Waals surface area contributed by atoms with Gasteiger partial charge in [-0.1, -0.05) is 0 Å². The number of rotatable bonds is 7. The van der Waals surface area contributed by atoms with E-state index in [-0.39, 0.29) is 18.4 Å². The Morgan fingerprint density at radius 1 is 1.42 bits per heavy atom. The van der Waals surface area contributed by atoms with E-state index in [2.05, 4.69) is 21.0 Å². The molecule has 1 amide bonds. The Kier molecular flexibility index (Phi) is 6.81. The lowest BCUT2D eigenvalue weighted by Gasteiger charge is -2.17. The third kappa shape index (κ3) is 4.64. The van der Waals surface area contributed by atoms with Crippen molar-refractivity contribution in [3.05, 3.63) is 27.7 Å². The third-order valence-electron chi connectivity index (χ3n) is 3.56. The first-order valence-electron chi connectivity index (χ1n) is 8.46. The van der Waals surface area contributed by atoms with Crippen molar-refractivity contribution in [3.8, 4) is 17.6 Å². The Hall–Kier alpha value is -2.33. The number of amides is 1. The summed E-state index contributed by atoms with van der Waals surface area (Å²) in [5.74, 6) is 1.06. The summed E-state index contributed by atoms with van der Waals surface area (Å²) in [5, 5.41) is 14.3. The van der Waals surface area contributed by atoms with Gasteiger partial charge in [0, 0.05) is 0 Å². The van der Waals surface area contributed by atoms with E-state index in [9.17, 15) is 4.79 Å². The van der Waals surface area contributed by atoms with Gasteiger partial charge in [0.1, 0.15) is 0 Å². The van der Waals surface area contributed by atoms with Gasteiger partial charge in [-0.25, -0.2) is 5.01 Å².